The fourth-order valence-corrected chi connectivity index (χ4v) is 5.51. The number of methoxy groups -OCH3 is 1. The topological polar surface area (TPSA) is 103 Å². The van der Waals surface area contributed by atoms with Crippen LogP contribution in [0.15, 0.2) is 68.0 Å². The van der Waals surface area contributed by atoms with Gasteiger partial charge >= 0.3 is 5.97 Å². The van der Waals surface area contributed by atoms with Gasteiger partial charge in [0, 0.05) is 12.1 Å². The quantitative estimate of drug-likeness (QED) is 0.288. The summed E-state index contributed by atoms with van der Waals surface area (Å²) in [5.74, 6) is -0.0421. The lowest BCUT2D eigenvalue weighted by Crippen LogP contribution is -2.40. The molecule has 1 aliphatic rings. The van der Waals surface area contributed by atoms with E-state index in [0.717, 1.165) is 5.56 Å². The van der Waals surface area contributed by atoms with Crippen LogP contribution in [0.5, 0.6) is 5.75 Å². The molecule has 8 nitrogen and oxygen atoms in total. The van der Waals surface area contributed by atoms with Crippen molar-refractivity contribution in [3.8, 4) is 11.8 Å². The number of hydrogen-bond acceptors (Lipinski definition) is 8. The molecular formula is C26H21BrClN3O5S. The Kier molecular flexibility index (Phi) is 8.61. The third kappa shape index (κ3) is 5.86. The molecule has 11 heteroatoms. The van der Waals surface area contributed by atoms with Gasteiger partial charge in [0.05, 0.1) is 32.9 Å². The molecule has 4 rings (SSSR count). The minimum absolute atomic E-state index is 0.0726. The second-order valence-electron chi connectivity index (χ2n) is 7.90. The molecule has 0 saturated heterocycles. The second kappa shape index (κ2) is 11.9. The van der Waals surface area contributed by atoms with Crippen molar-refractivity contribution < 1.29 is 19.0 Å². The van der Waals surface area contributed by atoms with E-state index in [2.05, 4.69) is 20.9 Å². The Morgan fingerprint density at radius 3 is 2.70 bits per heavy atom. The van der Waals surface area contributed by atoms with Crippen LogP contribution in [-0.2, 0) is 14.3 Å². The standard InChI is InChI=1S/C26H21BrClN3O5S/c1-15-22(25(33)36-12-11-34-2)23(17-4-6-18(28)7-5-17)31-24(32)21(37-26(31)30-15)14-16-3-8-20(19(27)13-16)35-10-9-29/h3-8,13-14,23H,10-12H2,1-2H3. The zero-order valence-electron chi connectivity index (χ0n) is 19.9. The van der Waals surface area contributed by atoms with E-state index in [0.29, 0.717) is 35.8 Å². The third-order valence-electron chi connectivity index (χ3n) is 5.49. The molecule has 190 valence electrons. The van der Waals surface area contributed by atoms with Crippen LogP contribution in [0, 0.1) is 11.3 Å². The van der Waals surface area contributed by atoms with Gasteiger partial charge in [-0.1, -0.05) is 41.1 Å². The number of hydrogen-bond donors (Lipinski definition) is 0. The molecular weight excluding hydrogens is 582 g/mol. The third-order valence-corrected chi connectivity index (χ3v) is 7.35. The number of esters is 1. The molecule has 0 aliphatic carbocycles. The van der Waals surface area contributed by atoms with Crippen molar-refractivity contribution in [2.24, 2.45) is 4.99 Å². The zero-order chi connectivity index (χ0) is 26.5. The maximum Gasteiger partial charge on any atom is 0.338 e. The number of thiazole rings is 1. The van der Waals surface area contributed by atoms with Crippen LogP contribution in [0.2, 0.25) is 5.02 Å². The first kappa shape index (κ1) is 26.8. The molecule has 1 unspecified atom stereocenters. The first-order valence-corrected chi connectivity index (χ1v) is 13.1. The summed E-state index contributed by atoms with van der Waals surface area (Å²) >= 11 is 10.8. The van der Waals surface area contributed by atoms with Gasteiger partial charge in [0.15, 0.2) is 11.4 Å². The molecule has 3 aromatic rings. The average molecular weight is 603 g/mol. The number of ether oxygens (including phenoxy) is 3. The lowest BCUT2D eigenvalue weighted by molar-refractivity contribution is -0.140. The number of carbonyl (C=O) groups is 1. The largest absolute Gasteiger partial charge is 0.478 e. The van der Waals surface area contributed by atoms with E-state index in [1.807, 2.05) is 6.07 Å². The average Bonchev–Trinajstić information content (AvgIpc) is 3.17. The Labute approximate surface area is 229 Å². The van der Waals surface area contributed by atoms with Gasteiger partial charge in [0.1, 0.15) is 18.4 Å². The van der Waals surface area contributed by atoms with Gasteiger partial charge in [-0.2, -0.15) is 5.26 Å². The van der Waals surface area contributed by atoms with E-state index in [9.17, 15) is 9.59 Å². The summed E-state index contributed by atoms with van der Waals surface area (Å²) in [6.45, 7) is 1.98. The van der Waals surface area contributed by atoms with Crippen molar-refractivity contribution in [3.63, 3.8) is 0 Å². The molecule has 0 spiro atoms. The van der Waals surface area contributed by atoms with Crippen LogP contribution in [0.25, 0.3) is 6.08 Å². The lowest BCUT2D eigenvalue weighted by Gasteiger charge is -2.24. The molecule has 1 atom stereocenters. The van der Waals surface area contributed by atoms with Gasteiger partial charge in [0.25, 0.3) is 5.56 Å². The van der Waals surface area contributed by atoms with Gasteiger partial charge in [0.2, 0.25) is 0 Å². The highest BCUT2D eigenvalue weighted by molar-refractivity contribution is 9.10. The number of carbonyl (C=O) groups excluding carboxylic acids is 1. The Balaban J connectivity index is 1.82. The highest BCUT2D eigenvalue weighted by Gasteiger charge is 2.33. The molecule has 0 bridgehead atoms. The molecule has 37 heavy (non-hydrogen) atoms. The molecule has 0 amide bonds. The van der Waals surface area contributed by atoms with Crippen molar-refractivity contribution in [1.29, 1.82) is 5.26 Å². The van der Waals surface area contributed by atoms with Crippen molar-refractivity contribution in [3.05, 3.63) is 94.0 Å². The number of benzene rings is 2. The smallest absolute Gasteiger partial charge is 0.338 e. The lowest BCUT2D eigenvalue weighted by atomic mass is 9.96. The molecule has 2 heterocycles. The van der Waals surface area contributed by atoms with Crippen molar-refractivity contribution in [2.45, 2.75) is 13.0 Å². The SMILES string of the molecule is COCCOC(=O)C1=C(C)N=c2sc(=Cc3ccc(OCC#N)c(Br)c3)c(=O)n2C1c1ccc(Cl)cc1. The van der Waals surface area contributed by atoms with Crippen molar-refractivity contribution >= 4 is 50.9 Å². The molecule has 0 radical (unpaired) electrons. The van der Waals surface area contributed by atoms with Gasteiger partial charge in [-0.3, -0.25) is 9.36 Å². The Morgan fingerprint density at radius 1 is 1.27 bits per heavy atom. The van der Waals surface area contributed by atoms with Crippen LogP contribution < -0.4 is 19.6 Å². The van der Waals surface area contributed by atoms with Crippen LogP contribution in [-0.4, -0.2) is 37.5 Å². The van der Waals surface area contributed by atoms with E-state index >= 15 is 0 Å². The number of nitriles is 1. The van der Waals surface area contributed by atoms with Gasteiger partial charge < -0.3 is 14.2 Å². The number of aromatic nitrogens is 1. The fourth-order valence-electron chi connectivity index (χ4n) is 3.82. The number of fused-ring (bicyclic) bond motifs is 1. The molecule has 1 aromatic heterocycles. The van der Waals surface area contributed by atoms with E-state index < -0.39 is 12.0 Å². The maximum absolute atomic E-state index is 13.7. The van der Waals surface area contributed by atoms with Crippen LogP contribution >= 0.6 is 38.9 Å². The van der Waals surface area contributed by atoms with Gasteiger partial charge in [-0.15, -0.1) is 0 Å². The van der Waals surface area contributed by atoms with Crippen molar-refractivity contribution in [1.82, 2.24) is 4.57 Å². The second-order valence-corrected chi connectivity index (χ2v) is 10.2. The minimum Gasteiger partial charge on any atom is -0.478 e. The summed E-state index contributed by atoms with van der Waals surface area (Å²) in [5, 5.41) is 9.27. The highest BCUT2D eigenvalue weighted by Crippen LogP contribution is 2.31. The summed E-state index contributed by atoms with van der Waals surface area (Å²) in [4.78, 5) is 31.9. The maximum atomic E-state index is 13.7. The molecule has 2 aromatic carbocycles. The molecule has 0 fully saturated rings. The van der Waals surface area contributed by atoms with E-state index in [-0.39, 0.29) is 31.0 Å². The van der Waals surface area contributed by atoms with Crippen LogP contribution in [0.3, 0.4) is 0 Å². The molecule has 0 N–H and O–H groups in total. The van der Waals surface area contributed by atoms with Crippen LogP contribution in [0.1, 0.15) is 24.1 Å². The summed E-state index contributed by atoms with van der Waals surface area (Å²) in [6, 6.07) is 13.5. The fraction of sp³-hybridized carbons (Fsp3) is 0.231. The van der Waals surface area contributed by atoms with E-state index in [1.165, 1.54) is 23.0 Å². The summed E-state index contributed by atoms with van der Waals surface area (Å²) < 4.78 is 18.4. The Bertz CT molecular complexity index is 1590. The molecule has 1 aliphatic heterocycles. The monoisotopic (exact) mass is 601 g/mol. The number of nitrogens with zero attached hydrogens (tertiary/aromatic N) is 3. The predicted molar refractivity (Wildman–Crippen MR) is 143 cm³/mol. The minimum atomic E-state index is -0.737. The summed E-state index contributed by atoms with van der Waals surface area (Å²) in [6.07, 6.45) is 1.75. The number of rotatable bonds is 8. The van der Waals surface area contributed by atoms with Gasteiger partial charge in [-0.25, -0.2) is 9.79 Å². The zero-order valence-corrected chi connectivity index (χ0v) is 23.0. The number of allylic oxidation sites excluding steroid dienone is 1. The summed E-state index contributed by atoms with van der Waals surface area (Å²) in [7, 11) is 1.52. The first-order chi connectivity index (χ1) is 17.8. The van der Waals surface area contributed by atoms with Gasteiger partial charge in [-0.05, 0) is 64.3 Å². The van der Waals surface area contributed by atoms with E-state index in [1.54, 1.807) is 55.5 Å². The number of halogens is 2. The van der Waals surface area contributed by atoms with Crippen molar-refractivity contribution in [2.75, 3.05) is 26.9 Å². The van der Waals surface area contributed by atoms with Crippen LogP contribution in [0.4, 0.5) is 0 Å². The Morgan fingerprint density at radius 2 is 2.03 bits per heavy atom. The predicted octanol–water partition coefficient (Wildman–Crippen LogP) is 3.74. The highest BCUT2D eigenvalue weighted by atomic mass is 79.9. The molecule has 0 saturated carbocycles. The van der Waals surface area contributed by atoms with E-state index in [4.69, 9.17) is 31.1 Å². The summed E-state index contributed by atoms with van der Waals surface area (Å²) in [5.41, 5.74) is 1.90. The Hall–Kier alpha value is -3.23. The first-order valence-electron chi connectivity index (χ1n) is 11.1. The normalized spacial score (nSPS) is 15.1.